The van der Waals surface area contributed by atoms with Crippen molar-refractivity contribution in [1.29, 1.82) is 0 Å². The molecule has 0 heterocycles. The zero-order chi connectivity index (χ0) is 28.9. The number of hydrogen-bond donors (Lipinski definition) is 1. The summed E-state index contributed by atoms with van der Waals surface area (Å²) in [7, 11) is -3.83. The van der Waals surface area contributed by atoms with Crippen molar-refractivity contribution in [2.75, 3.05) is 10.9 Å². The van der Waals surface area contributed by atoms with Crippen molar-refractivity contribution in [2.24, 2.45) is 0 Å². The van der Waals surface area contributed by atoms with Gasteiger partial charge in [-0.3, -0.25) is 9.10 Å². The van der Waals surface area contributed by atoms with Crippen LogP contribution in [0.25, 0.3) is 0 Å². The number of aryl methyl sites for hydroxylation is 4. The molecule has 0 aliphatic heterocycles. The highest BCUT2D eigenvalue weighted by atomic mass is 32.2. The molecule has 1 unspecified atom stereocenters. The molecule has 0 radical (unpaired) electrons. The standard InChI is InChI=1S/C33H36N2O4S/c1-23-11-17-31(18-12-23)40(37,38)35(21-28-9-7-6-8-10-28)29-13-15-30(16-14-29)39-22-33(36)34-27(5)32-20-25(3)24(2)19-26(32)4/h6-20,27H,21-22H2,1-5H3,(H,34,36). The summed E-state index contributed by atoms with van der Waals surface area (Å²) in [4.78, 5) is 12.9. The van der Waals surface area contributed by atoms with E-state index < -0.39 is 10.0 Å². The predicted octanol–water partition coefficient (Wildman–Crippen LogP) is 6.57. The summed E-state index contributed by atoms with van der Waals surface area (Å²) in [6, 6.07) is 27.1. The van der Waals surface area contributed by atoms with Gasteiger partial charge in [0.1, 0.15) is 5.75 Å². The van der Waals surface area contributed by atoms with Crippen molar-refractivity contribution < 1.29 is 17.9 Å². The molecule has 4 aromatic rings. The van der Waals surface area contributed by atoms with E-state index in [1.807, 2.05) is 51.1 Å². The van der Waals surface area contributed by atoms with Crippen molar-refractivity contribution in [3.63, 3.8) is 0 Å². The van der Waals surface area contributed by atoms with Crippen LogP contribution in [-0.2, 0) is 21.4 Å². The number of ether oxygens (including phenoxy) is 1. The van der Waals surface area contributed by atoms with E-state index in [0.717, 1.165) is 22.3 Å². The number of hydrogen-bond acceptors (Lipinski definition) is 4. The van der Waals surface area contributed by atoms with Crippen LogP contribution in [0.4, 0.5) is 5.69 Å². The molecule has 0 saturated carbocycles. The molecule has 0 aromatic heterocycles. The lowest BCUT2D eigenvalue weighted by Crippen LogP contribution is -2.31. The number of rotatable bonds is 10. The molecular formula is C33H36N2O4S. The SMILES string of the molecule is Cc1ccc(S(=O)(=O)N(Cc2ccccc2)c2ccc(OCC(=O)NC(C)c3cc(C)c(C)cc3C)cc2)cc1. The van der Waals surface area contributed by atoms with Gasteiger partial charge >= 0.3 is 0 Å². The van der Waals surface area contributed by atoms with Crippen molar-refractivity contribution in [3.05, 3.63) is 124 Å². The smallest absolute Gasteiger partial charge is 0.264 e. The van der Waals surface area contributed by atoms with Crippen molar-refractivity contribution in [2.45, 2.75) is 52.1 Å². The Bertz CT molecular complexity index is 1570. The van der Waals surface area contributed by atoms with Crippen molar-refractivity contribution in [3.8, 4) is 5.75 Å². The van der Waals surface area contributed by atoms with Gasteiger partial charge in [-0.1, -0.05) is 60.2 Å². The topological polar surface area (TPSA) is 75.7 Å². The third kappa shape index (κ3) is 6.90. The van der Waals surface area contributed by atoms with Crippen LogP contribution in [0.1, 0.15) is 46.3 Å². The molecule has 4 rings (SSSR count). The fourth-order valence-corrected chi connectivity index (χ4v) is 6.02. The number of anilines is 1. The number of nitrogens with one attached hydrogen (secondary N) is 1. The number of carbonyl (C=O) groups is 1. The Morgan fingerprint density at radius 2 is 1.45 bits per heavy atom. The molecule has 0 bridgehead atoms. The molecule has 0 fully saturated rings. The highest BCUT2D eigenvalue weighted by Gasteiger charge is 2.25. The van der Waals surface area contributed by atoms with Gasteiger partial charge in [-0.15, -0.1) is 0 Å². The molecule has 208 valence electrons. The number of nitrogens with zero attached hydrogens (tertiary/aromatic N) is 1. The quantitative estimate of drug-likeness (QED) is 0.240. The Morgan fingerprint density at radius 1 is 0.825 bits per heavy atom. The molecule has 40 heavy (non-hydrogen) atoms. The van der Waals surface area contributed by atoms with E-state index in [9.17, 15) is 13.2 Å². The fraction of sp³-hybridized carbons (Fsp3) is 0.242. The fourth-order valence-electron chi connectivity index (χ4n) is 4.57. The summed E-state index contributed by atoms with van der Waals surface area (Å²) in [5.74, 6) is 0.239. The van der Waals surface area contributed by atoms with Crippen LogP contribution < -0.4 is 14.4 Å². The van der Waals surface area contributed by atoms with E-state index in [2.05, 4.69) is 31.3 Å². The van der Waals surface area contributed by atoms with Crippen LogP contribution in [0.3, 0.4) is 0 Å². The van der Waals surface area contributed by atoms with Gasteiger partial charge in [0.2, 0.25) is 0 Å². The Kier molecular flexibility index (Phi) is 8.95. The van der Waals surface area contributed by atoms with Crippen LogP contribution >= 0.6 is 0 Å². The van der Waals surface area contributed by atoms with E-state index in [0.29, 0.717) is 11.4 Å². The van der Waals surface area contributed by atoms with E-state index in [1.54, 1.807) is 48.5 Å². The molecule has 0 aliphatic carbocycles. The summed E-state index contributed by atoms with van der Waals surface area (Å²) >= 11 is 0. The summed E-state index contributed by atoms with van der Waals surface area (Å²) in [6.07, 6.45) is 0. The molecule has 1 atom stereocenters. The first kappa shape index (κ1) is 28.9. The molecule has 1 N–H and O–H groups in total. The maximum absolute atomic E-state index is 13.7. The second kappa shape index (κ2) is 12.4. The van der Waals surface area contributed by atoms with E-state index >= 15 is 0 Å². The van der Waals surface area contributed by atoms with Crippen molar-refractivity contribution in [1.82, 2.24) is 5.32 Å². The van der Waals surface area contributed by atoms with Gasteiger partial charge in [0.05, 0.1) is 23.2 Å². The van der Waals surface area contributed by atoms with E-state index in [4.69, 9.17) is 4.74 Å². The summed E-state index contributed by atoms with van der Waals surface area (Å²) in [5, 5.41) is 3.00. The molecule has 0 saturated heterocycles. The van der Waals surface area contributed by atoms with Gasteiger partial charge in [0.15, 0.2) is 6.61 Å². The van der Waals surface area contributed by atoms with E-state index in [-0.39, 0.29) is 30.0 Å². The Hall–Kier alpha value is -4.10. The third-order valence-electron chi connectivity index (χ3n) is 7.00. The summed E-state index contributed by atoms with van der Waals surface area (Å²) in [6.45, 7) is 10.1. The van der Waals surface area contributed by atoms with Crippen LogP contribution in [0.2, 0.25) is 0 Å². The molecule has 4 aromatic carbocycles. The number of carbonyl (C=O) groups excluding carboxylic acids is 1. The lowest BCUT2D eigenvalue weighted by molar-refractivity contribution is -0.123. The minimum Gasteiger partial charge on any atom is -0.484 e. The van der Waals surface area contributed by atoms with Crippen molar-refractivity contribution >= 4 is 21.6 Å². The first-order chi connectivity index (χ1) is 19.0. The van der Waals surface area contributed by atoms with Gasteiger partial charge in [0, 0.05) is 0 Å². The third-order valence-corrected chi connectivity index (χ3v) is 8.79. The lowest BCUT2D eigenvalue weighted by atomic mass is 9.96. The molecule has 6 nitrogen and oxygen atoms in total. The zero-order valence-corrected chi connectivity index (χ0v) is 24.5. The average molecular weight is 557 g/mol. The first-order valence-corrected chi connectivity index (χ1v) is 14.7. The summed E-state index contributed by atoms with van der Waals surface area (Å²) in [5.41, 5.74) is 6.97. The summed E-state index contributed by atoms with van der Waals surface area (Å²) < 4.78 is 34.5. The van der Waals surface area contributed by atoms with E-state index in [1.165, 1.54) is 15.4 Å². The highest BCUT2D eigenvalue weighted by molar-refractivity contribution is 7.92. The highest BCUT2D eigenvalue weighted by Crippen LogP contribution is 2.28. The minimum absolute atomic E-state index is 0.150. The number of amides is 1. The minimum atomic E-state index is -3.83. The Morgan fingerprint density at radius 3 is 2.10 bits per heavy atom. The Labute approximate surface area is 237 Å². The maximum Gasteiger partial charge on any atom is 0.264 e. The monoisotopic (exact) mass is 556 g/mol. The number of sulfonamides is 1. The van der Waals surface area contributed by atoms with Gasteiger partial charge in [-0.25, -0.2) is 8.42 Å². The molecule has 1 amide bonds. The van der Waals surface area contributed by atoms with Gasteiger partial charge in [-0.2, -0.15) is 0 Å². The molecule has 0 aliphatic rings. The largest absolute Gasteiger partial charge is 0.484 e. The molecule has 0 spiro atoms. The van der Waals surface area contributed by atoms with Gasteiger partial charge in [-0.05, 0) is 98.8 Å². The van der Waals surface area contributed by atoms with Crippen LogP contribution in [0.15, 0.2) is 95.9 Å². The van der Waals surface area contributed by atoms with Crippen LogP contribution in [0, 0.1) is 27.7 Å². The van der Waals surface area contributed by atoms with Gasteiger partial charge in [0.25, 0.3) is 15.9 Å². The van der Waals surface area contributed by atoms with Crippen LogP contribution in [-0.4, -0.2) is 20.9 Å². The van der Waals surface area contributed by atoms with Crippen LogP contribution in [0.5, 0.6) is 5.75 Å². The predicted molar refractivity (Wildman–Crippen MR) is 160 cm³/mol. The zero-order valence-electron chi connectivity index (χ0n) is 23.6. The second-order valence-electron chi connectivity index (χ2n) is 10.2. The number of benzene rings is 4. The molecule has 7 heteroatoms. The maximum atomic E-state index is 13.7. The normalized spacial score (nSPS) is 12.0. The molecular weight excluding hydrogens is 520 g/mol. The average Bonchev–Trinajstić information content (AvgIpc) is 2.93. The van der Waals surface area contributed by atoms with Gasteiger partial charge < -0.3 is 10.1 Å². The lowest BCUT2D eigenvalue weighted by Gasteiger charge is -2.25. The Balaban J connectivity index is 1.47. The first-order valence-electron chi connectivity index (χ1n) is 13.3. The second-order valence-corrected chi connectivity index (χ2v) is 12.0.